The molecular weight excluding hydrogens is 444 g/mol. The van der Waals surface area contributed by atoms with Crippen LogP contribution in [0.2, 0.25) is 0 Å². The first-order valence-electron chi connectivity index (χ1n) is 8.67. The van der Waals surface area contributed by atoms with Crippen molar-refractivity contribution in [3.63, 3.8) is 0 Å². The summed E-state index contributed by atoms with van der Waals surface area (Å²) < 4.78 is 1.11. The number of fused-ring (bicyclic) bond motifs is 1. The van der Waals surface area contributed by atoms with Crippen molar-refractivity contribution < 1.29 is 4.79 Å². The minimum Gasteiger partial charge on any atom is -0.331 e. The lowest BCUT2D eigenvalue weighted by Gasteiger charge is -2.14. The summed E-state index contributed by atoms with van der Waals surface area (Å²) in [5.41, 5.74) is 7.06. The van der Waals surface area contributed by atoms with Gasteiger partial charge in [-0.25, -0.2) is 4.98 Å². The van der Waals surface area contributed by atoms with Crippen LogP contribution in [0.5, 0.6) is 0 Å². The van der Waals surface area contributed by atoms with E-state index in [4.69, 9.17) is 16.6 Å². The second kappa shape index (κ2) is 7.38. The smallest absolute Gasteiger partial charge is 0.238 e. The maximum atomic E-state index is 11.8. The quantitative estimate of drug-likeness (QED) is 0.452. The van der Waals surface area contributed by atoms with Crippen LogP contribution in [-0.4, -0.2) is 21.7 Å². The summed E-state index contributed by atoms with van der Waals surface area (Å²) in [6, 6.07) is 12.7. The summed E-state index contributed by atoms with van der Waals surface area (Å²) in [4.78, 5) is 19.6. The average molecular weight is 462 g/mol. The largest absolute Gasteiger partial charge is 0.331 e. The zero-order chi connectivity index (χ0) is 19.1. The normalized spacial score (nSPS) is 13.1. The van der Waals surface area contributed by atoms with E-state index in [9.17, 15) is 4.79 Å². The van der Waals surface area contributed by atoms with E-state index in [0.717, 1.165) is 25.6 Å². The van der Waals surface area contributed by atoms with Crippen LogP contribution in [0.25, 0.3) is 21.7 Å². The number of nitrogens with zero attached hydrogens (tertiary/aromatic N) is 2. The van der Waals surface area contributed by atoms with E-state index in [-0.39, 0.29) is 11.8 Å². The molecule has 1 aromatic heterocycles. The van der Waals surface area contributed by atoms with Gasteiger partial charge in [-0.05, 0) is 42.2 Å². The van der Waals surface area contributed by atoms with Crippen molar-refractivity contribution in [1.82, 2.24) is 9.88 Å². The Morgan fingerprint density at radius 1 is 1.11 bits per heavy atom. The molecule has 138 valence electrons. The van der Waals surface area contributed by atoms with Crippen LogP contribution >= 0.6 is 38.9 Å². The van der Waals surface area contributed by atoms with Crippen LogP contribution in [-0.2, 0) is 17.9 Å². The molecule has 4 rings (SSSR count). The fraction of sp³-hybridized carbons (Fsp3) is 0.238. The lowest BCUT2D eigenvalue weighted by atomic mass is 9.94. The number of alkyl halides is 1. The molecule has 0 bridgehead atoms. The first kappa shape index (κ1) is 18.7. The highest BCUT2D eigenvalue weighted by Crippen LogP contribution is 2.39. The molecule has 0 unspecified atom stereocenters. The number of rotatable bonds is 3. The van der Waals surface area contributed by atoms with Crippen LogP contribution in [0, 0.1) is 13.8 Å². The number of aromatic nitrogens is 1. The van der Waals surface area contributed by atoms with Gasteiger partial charge < -0.3 is 4.90 Å². The summed E-state index contributed by atoms with van der Waals surface area (Å²) in [7, 11) is 0. The van der Waals surface area contributed by atoms with Crippen molar-refractivity contribution >= 4 is 44.8 Å². The number of hydrogen-bond donors (Lipinski definition) is 0. The van der Waals surface area contributed by atoms with Crippen molar-refractivity contribution in [2.75, 3.05) is 5.88 Å². The van der Waals surface area contributed by atoms with Crippen LogP contribution < -0.4 is 0 Å². The summed E-state index contributed by atoms with van der Waals surface area (Å²) in [5.74, 6) is -0.0127. The Labute approximate surface area is 176 Å². The Bertz CT molecular complexity index is 1020. The Kier molecular flexibility index (Phi) is 5.10. The molecule has 0 N–H and O–H groups in total. The van der Waals surface area contributed by atoms with Gasteiger partial charge in [-0.2, -0.15) is 0 Å². The van der Waals surface area contributed by atoms with Crippen molar-refractivity contribution in [2.24, 2.45) is 0 Å². The third-order valence-corrected chi connectivity index (χ3v) is 7.25. The molecule has 2 heterocycles. The van der Waals surface area contributed by atoms with E-state index in [0.29, 0.717) is 13.1 Å². The van der Waals surface area contributed by atoms with Crippen molar-refractivity contribution in [2.45, 2.75) is 26.9 Å². The van der Waals surface area contributed by atoms with Gasteiger partial charge in [-0.1, -0.05) is 46.3 Å². The maximum Gasteiger partial charge on any atom is 0.238 e. The number of hydrogen-bond acceptors (Lipinski definition) is 3. The van der Waals surface area contributed by atoms with E-state index in [2.05, 4.69) is 66.2 Å². The zero-order valence-electron chi connectivity index (χ0n) is 15.1. The number of carbonyl (C=O) groups excluding carboxylic acids is 1. The number of thiazole rings is 1. The van der Waals surface area contributed by atoms with Gasteiger partial charge in [0.05, 0.1) is 18.8 Å². The molecule has 27 heavy (non-hydrogen) atoms. The number of amides is 1. The van der Waals surface area contributed by atoms with Gasteiger partial charge in [0.15, 0.2) is 0 Å². The van der Waals surface area contributed by atoms with Crippen molar-refractivity contribution in [3.05, 3.63) is 62.6 Å². The predicted molar refractivity (Wildman–Crippen MR) is 115 cm³/mol. The molecule has 0 saturated heterocycles. The molecule has 0 radical (unpaired) electrons. The second-order valence-electron chi connectivity index (χ2n) is 6.66. The lowest BCUT2D eigenvalue weighted by Crippen LogP contribution is -2.26. The molecule has 3 aromatic rings. The molecule has 1 aliphatic heterocycles. The lowest BCUT2D eigenvalue weighted by molar-refractivity contribution is -0.129. The Morgan fingerprint density at radius 2 is 1.78 bits per heavy atom. The molecular formula is C21H18BrClN2OS. The van der Waals surface area contributed by atoms with Gasteiger partial charge in [0.1, 0.15) is 10.9 Å². The molecule has 1 amide bonds. The molecule has 3 nitrogen and oxygen atoms in total. The third-order valence-electron chi connectivity index (χ3n) is 5.04. The van der Waals surface area contributed by atoms with Crippen LogP contribution in [0.4, 0.5) is 0 Å². The number of carbonyl (C=O) groups is 1. The average Bonchev–Trinajstić information content (AvgIpc) is 3.23. The van der Waals surface area contributed by atoms with Gasteiger partial charge >= 0.3 is 0 Å². The molecule has 6 heteroatoms. The predicted octanol–water partition coefficient (Wildman–Crippen LogP) is 5.94. The first-order valence-corrected chi connectivity index (χ1v) is 10.8. The summed E-state index contributed by atoms with van der Waals surface area (Å²) in [6.07, 6.45) is 0. The maximum absolute atomic E-state index is 11.8. The fourth-order valence-electron chi connectivity index (χ4n) is 3.47. The topological polar surface area (TPSA) is 33.2 Å². The number of halogens is 2. The van der Waals surface area contributed by atoms with Gasteiger partial charge in [0.2, 0.25) is 5.91 Å². The van der Waals surface area contributed by atoms with E-state index >= 15 is 0 Å². The second-order valence-corrected chi connectivity index (χ2v) is 8.87. The standard InChI is InChI=1S/C21H18BrClN2OS/c1-12-14(15-6-4-8-17(22)13(15)2)5-3-7-16(12)21-24-18-10-25(20(26)9-23)11-19(18)27-21/h3-8H,9-11H2,1-2H3. The molecule has 0 fully saturated rings. The molecule has 1 aliphatic rings. The summed E-state index contributed by atoms with van der Waals surface area (Å²) in [5, 5.41) is 1.02. The molecule has 2 aromatic carbocycles. The van der Waals surface area contributed by atoms with Gasteiger partial charge in [0, 0.05) is 14.9 Å². The molecule has 0 aliphatic carbocycles. The van der Waals surface area contributed by atoms with E-state index < -0.39 is 0 Å². The number of benzene rings is 2. The van der Waals surface area contributed by atoms with Crippen LogP contribution in [0.15, 0.2) is 40.9 Å². The minimum atomic E-state index is -0.0354. The third kappa shape index (κ3) is 3.33. The van der Waals surface area contributed by atoms with Crippen molar-refractivity contribution in [3.8, 4) is 21.7 Å². The van der Waals surface area contributed by atoms with Gasteiger partial charge in [0.25, 0.3) is 0 Å². The van der Waals surface area contributed by atoms with Gasteiger partial charge in [-0.3, -0.25) is 4.79 Å². The Hall–Kier alpha value is -1.69. The van der Waals surface area contributed by atoms with Crippen molar-refractivity contribution in [1.29, 1.82) is 0 Å². The monoisotopic (exact) mass is 460 g/mol. The SMILES string of the molecule is Cc1c(Br)cccc1-c1cccc(-c2nc3c(s2)CN(C(=O)CCl)C3)c1C. The zero-order valence-corrected chi connectivity index (χ0v) is 18.2. The van der Waals surface area contributed by atoms with E-state index in [1.54, 1.807) is 16.2 Å². The highest BCUT2D eigenvalue weighted by atomic mass is 79.9. The molecule has 0 spiro atoms. The molecule has 0 saturated carbocycles. The molecule has 0 atom stereocenters. The summed E-state index contributed by atoms with van der Waals surface area (Å²) in [6.45, 7) is 5.45. The summed E-state index contributed by atoms with van der Waals surface area (Å²) >= 11 is 11.0. The highest BCUT2D eigenvalue weighted by molar-refractivity contribution is 9.10. The minimum absolute atomic E-state index is 0.0228. The van der Waals surface area contributed by atoms with Crippen LogP contribution in [0.3, 0.4) is 0 Å². The van der Waals surface area contributed by atoms with E-state index in [1.807, 2.05) is 0 Å². The first-order chi connectivity index (χ1) is 13.0. The Morgan fingerprint density at radius 3 is 2.48 bits per heavy atom. The van der Waals surface area contributed by atoms with E-state index in [1.165, 1.54) is 22.3 Å². The van der Waals surface area contributed by atoms with Gasteiger partial charge in [-0.15, -0.1) is 22.9 Å². The Balaban J connectivity index is 1.72. The fourth-order valence-corrected chi connectivity index (χ4v) is 5.18. The highest BCUT2D eigenvalue weighted by Gasteiger charge is 2.27. The van der Waals surface area contributed by atoms with Crippen LogP contribution in [0.1, 0.15) is 21.7 Å².